The van der Waals surface area contributed by atoms with Crippen LogP contribution in [-0.4, -0.2) is 50.7 Å². The quantitative estimate of drug-likeness (QED) is 0.378. The summed E-state index contributed by atoms with van der Waals surface area (Å²) in [5, 5.41) is 26.7. The van der Waals surface area contributed by atoms with Crippen LogP contribution in [0.2, 0.25) is 0 Å². The minimum Gasteiger partial charge on any atom is -0.421 e. The number of piperidine rings is 1. The highest BCUT2D eigenvalue weighted by Gasteiger charge is 2.71. The molecule has 5 heterocycles. The Morgan fingerprint density at radius 1 is 1.02 bits per heavy atom. The van der Waals surface area contributed by atoms with Gasteiger partial charge in [0.05, 0.1) is 35.8 Å². The van der Waals surface area contributed by atoms with Gasteiger partial charge in [0.1, 0.15) is 23.1 Å². The lowest BCUT2D eigenvalue weighted by Crippen LogP contribution is -2.30. The molecule has 3 aromatic heterocycles. The third-order valence-electron chi connectivity index (χ3n) is 8.06. The smallest absolute Gasteiger partial charge is 0.416 e. The van der Waals surface area contributed by atoms with Crippen molar-refractivity contribution >= 4 is 17.6 Å². The van der Waals surface area contributed by atoms with E-state index in [1.807, 2.05) is 6.07 Å². The third-order valence-corrected chi connectivity index (χ3v) is 8.06. The van der Waals surface area contributed by atoms with Gasteiger partial charge in [-0.1, -0.05) is 11.3 Å². The molecule has 1 saturated carbocycles. The summed E-state index contributed by atoms with van der Waals surface area (Å²) in [6, 6.07) is 16.3. The summed E-state index contributed by atoms with van der Waals surface area (Å²) in [5.41, 5.74) is 1.78. The molecule has 0 bridgehead atoms. The number of halogens is 1. The van der Waals surface area contributed by atoms with Crippen LogP contribution >= 0.6 is 0 Å². The lowest BCUT2D eigenvalue weighted by molar-refractivity contribution is 0.0922. The lowest BCUT2D eigenvalue weighted by atomic mass is 9.95. The van der Waals surface area contributed by atoms with Gasteiger partial charge in [-0.05, 0) is 36.4 Å². The minimum atomic E-state index is -0.680. The van der Waals surface area contributed by atoms with Gasteiger partial charge in [0, 0.05) is 54.6 Å². The van der Waals surface area contributed by atoms with E-state index >= 15 is 4.39 Å². The number of carbonyl (C=O) groups is 1. The van der Waals surface area contributed by atoms with Crippen LogP contribution in [0.5, 0.6) is 0 Å². The van der Waals surface area contributed by atoms with Gasteiger partial charge in [0.15, 0.2) is 0 Å². The summed E-state index contributed by atoms with van der Waals surface area (Å²) in [4.78, 5) is 24.8. The zero-order valence-electron chi connectivity index (χ0n) is 20.9. The summed E-state index contributed by atoms with van der Waals surface area (Å²) in [6.45, 7) is 1.52. The van der Waals surface area contributed by atoms with E-state index < -0.39 is 23.6 Å². The molecular formula is C28H20FN9O2. The molecule has 12 heteroatoms. The van der Waals surface area contributed by atoms with Crippen LogP contribution in [0.1, 0.15) is 17.5 Å². The van der Waals surface area contributed by atoms with Crippen molar-refractivity contribution in [1.82, 2.24) is 25.0 Å². The van der Waals surface area contributed by atoms with Crippen LogP contribution in [0, 0.1) is 40.3 Å². The first-order valence-corrected chi connectivity index (χ1v) is 12.6. The summed E-state index contributed by atoms with van der Waals surface area (Å²) in [5.74, 6) is 0.515. The standard InChI is InChI=1S/C28H20FN9O2/c29-23-9-19(37-15-26(40-27(37)39)38-8-7-34-35-38)3-4-20(23)18-2-5-24(32-12-18)28(16-31)21-13-36(14-22(21)28)25-6-1-17(10-30)11-33-25/h1-9,11-12,21-22,26H,13-15H2/t21-,22+,26?,28+. The minimum absolute atomic E-state index is 0.117. The predicted octanol–water partition coefficient (Wildman–Crippen LogP) is 3.43. The normalized spacial score (nSPS) is 24.8. The molecule has 2 aliphatic heterocycles. The molecule has 196 valence electrons. The van der Waals surface area contributed by atoms with Gasteiger partial charge < -0.3 is 9.64 Å². The Labute approximate surface area is 227 Å². The van der Waals surface area contributed by atoms with Crippen molar-refractivity contribution in [2.45, 2.75) is 11.6 Å². The SMILES string of the molecule is N#Cc1ccc(N2C[C@@H]3[C@H](C2)[C@@]3(C#N)c2ccc(-c3ccc(N4CC(n5ccnn5)OC4=O)cc3F)cn2)nc1. The van der Waals surface area contributed by atoms with Crippen LogP contribution < -0.4 is 9.80 Å². The van der Waals surface area contributed by atoms with E-state index in [4.69, 9.17) is 10.00 Å². The topological polar surface area (TPSA) is 137 Å². The Morgan fingerprint density at radius 2 is 1.88 bits per heavy atom. The molecule has 3 aliphatic rings. The molecule has 7 rings (SSSR count). The predicted molar refractivity (Wildman–Crippen MR) is 138 cm³/mol. The Hall–Kier alpha value is -5.36. The van der Waals surface area contributed by atoms with E-state index in [1.54, 1.807) is 48.9 Å². The highest BCUT2D eigenvalue weighted by Crippen LogP contribution is 2.63. The fraction of sp³-hybridized carbons (Fsp3) is 0.250. The number of fused-ring (bicyclic) bond motifs is 1. The molecular weight excluding hydrogens is 513 g/mol. The maximum Gasteiger partial charge on any atom is 0.416 e. The summed E-state index contributed by atoms with van der Waals surface area (Å²) in [7, 11) is 0. The van der Waals surface area contributed by atoms with E-state index in [-0.39, 0.29) is 18.4 Å². The number of nitriles is 2. The van der Waals surface area contributed by atoms with Gasteiger partial charge in [0.2, 0.25) is 6.23 Å². The number of ether oxygens (including phenoxy) is 1. The fourth-order valence-electron chi connectivity index (χ4n) is 5.93. The van der Waals surface area contributed by atoms with E-state index in [9.17, 15) is 10.1 Å². The van der Waals surface area contributed by atoms with Crippen LogP contribution in [-0.2, 0) is 10.2 Å². The van der Waals surface area contributed by atoms with Gasteiger partial charge in [-0.3, -0.25) is 9.88 Å². The lowest BCUT2D eigenvalue weighted by Gasteiger charge is -2.23. The number of carbonyl (C=O) groups excluding carboxylic acids is 1. The number of hydrogen-bond donors (Lipinski definition) is 0. The summed E-state index contributed by atoms with van der Waals surface area (Å²) >= 11 is 0. The van der Waals surface area contributed by atoms with Crippen molar-refractivity contribution in [3.05, 3.63) is 84.3 Å². The van der Waals surface area contributed by atoms with Crippen molar-refractivity contribution in [3.8, 4) is 23.3 Å². The second-order valence-corrected chi connectivity index (χ2v) is 10.0. The molecule has 2 saturated heterocycles. The van der Waals surface area contributed by atoms with Crippen molar-refractivity contribution in [3.63, 3.8) is 0 Å². The van der Waals surface area contributed by atoms with Gasteiger partial charge in [-0.2, -0.15) is 10.5 Å². The molecule has 1 amide bonds. The zero-order valence-corrected chi connectivity index (χ0v) is 20.9. The summed E-state index contributed by atoms with van der Waals surface area (Å²) in [6.07, 6.45) is 4.98. The number of aromatic nitrogens is 5. The first-order chi connectivity index (χ1) is 19.5. The third kappa shape index (κ3) is 3.57. The van der Waals surface area contributed by atoms with E-state index in [0.29, 0.717) is 41.2 Å². The second-order valence-electron chi connectivity index (χ2n) is 10.0. The van der Waals surface area contributed by atoms with Crippen molar-refractivity contribution in [2.75, 3.05) is 29.4 Å². The molecule has 1 aliphatic carbocycles. The van der Waals surface area contributed by atoms with E-state index in [2.05, 4.69) is 37.3 Å². The number of cyclic esters (lactones) is 1. The maximum atomic E-state index is 15.2. The molecule has 3 fully saturated rings. The average Bonchev–Trinajstić information content (AvgIpc) is 3.52. The molecule has 4 aromatic rings. The number of anilines is 2. The molecule has 0 spiro atoms. The number of benzene rings is 1. The first-order valence-electron chi connectivity index (χ1n) is 12.6. The Morgan fingerprint density at radius 3 is 2.50 bits per heavy atom. The van der Waals surface area contributed by atoms with Crippen molar-refractivity contribution in [1.29, 1.82) is 10.5 Å². The number of amides is 1. The van der Waals surface area contributed by atoms with Crippen molar-refractivity contribution < 1.29 is 13.9 Å². The van der Waals surface area contributed by atoms with Gasteiger partial charge in [-0.15, -0.1) is 5.10 Å². The molecule has 0 N–H and O–H groups in total. The van der Waals surface area contributed by atoms with E-state index in [0.717, 1.165) is 5.82 Å². The number of pyridine rings is 2. The molecule has 4 atom stereocenters. The fourth-order valence-corrected chi connectivity index (χ4v) is 5.93. The number of hydrogen-bond acceptors (Lipinski definition) is 9. The summed E-state index contributed by atoms with van der Waals surface area (Å²) < 4.78 is 22.0. The Kier molecular flexibility index (Phi) is 5.25. The Bertz CT molecular complexity index is 1680. The monoisotopic (exact) mass is 533 g/mol. The highest BCUT2D eigenvalue weighted by atomic mass is 19.1. The van der Waals surface area contributed by atoms with Crippen LogP contribution in [0.15, 0.2) is 67.3 Å². The first kappa shape index (κ1) is 23.7. The second kappa shape index (κ2) is 8.85. The van der Waals surface area contributed by atoms with Gasteiger partial charge in [0.25, 0.3) is 0 Å². The zero-order chi connectivity index (χ0) is 27.4. The van der Waals surface area contributed by atoms with Crippen LogP contribution in [0.3, 0.4) is 0 Å². The molecule has 40 heavy (non-hydrogen) atoms. The largest absolute Gasteiger partial charge is 0.421 e. The average molecular weight is 534 g/mol. The number of nitrogens with zero attached hydrogens (tertiary/aromatic N) is 9. The number of rotatable bonds is 5. The highest BCUT2D eigenvalue weighted by molar-refractivity contribution is 5.90. The van der Waals surface area contributed by atoms with Crippen LogP contribution in [0.25, 0.3) is 11.1 Å². The molecule has 0 radical (unpaired) electrons. The molecule has 1 unspecified atom stereocenters. The van der Waals surface area contributed by atoms with Gasteiger partial charge >= 0.3 is 6.09 Å². The maximum absolute atomic E-state index is 15.2. The van der Waals surface area contributed by atoms with Crippen molar-refractivity contribution in [2.24, 2.45) is 11.8 Å². The Balaban J connectivity index is 1.06. The van der Waals surface area contributed by atoms with Crippen LogP contribution in [0.4, 0.5) is 20.7 Å². The van der Waals surface area contributed by atoms with Gasteiger partial charge in [-0.25, -0.2) is 18.9 Å². The molecule has 1 aromatic carbocycles. The van der Waals surface area contributed by atoms with E-state index in [1.165, 1.54) is 21.8 Å². The molecule has 11 nitrogen and oxygen atoms in total.